The van der Waals surface area contributed by atoms with Crippen LogP contribution in [0.5, 0.6) is 17.2 Å². The second kappa shape index (κ2) is 13.3. The van der Waals surface area contributed by atoms with Gasteiger partial charge >= 0.3 is 11.9 Å². The molecule has 1 amide bonds. The van der Waals surface area contributed by atoms with E-state index in [-0.39, 0.29) is 29.4 Å². The Morgan fingerprint density at radius 1 is 1.03 bits per heavy atom. The van der Waals surface area contributed by atoms with Crippen molar-refractivity contribution in [2.75, 3.05) is 7.11 Å². The fraction of sp³-hybridized carbons (Fsp3) is 0.286. The number of nitrogens with one attached hydrogen (secondary N) is 1. The number of methoxy groups -OCH3 is 1. The van der Waals surface area contributed by atoms with Gasteiger partial charge in [-0.25, -0.2) is 18.6 Å². The summed E-state index contributed by atoms with van der Waals surface area (Å²) in [5, 5.41) is 2.52. The SMILES string of the molecule is CC[C@H](NC(=O)c1nccc(OC)c1OC(C)=O)C(=O)O[C@@H](C)[C@H](Oc1cc(F)ccc1F)c1ccccc1. The molecular formula is C28H28F2N2O7. The van der Waals surface area contributed by atoms with Crippen molar-refractivity contribution in [2.45, 2.75) is 45.4 Å². The summed E-state index contributed by atoms with van der Waals surface area (Å²) in [6, 6.07) is 11.7. The molecule has 0 fully saturated rings. The van der Waals surface area contributed by atoms with Gasteiger partial charge in [0.1, 0.15) is 18.0 Å². The van der Waals surface area contributed by atoms with E-state index < -0.39 is 47.7 Å². The Kier molecular flexibility index (Phi) is 9.91. The molecule has 9 nitrogen and oxygen atoms in total. The molecule has 0 aliphatic carbocycles. The zero-order valence-electron chi connectivity index (χ0n) is 21.8. The predicted octanol–water partition coefficient (Wildman–Crippen LogP) is 4.55. The first-order valence-corrected chi connectivity index (χ1v) is 12.0. The van der Waals surface area contributed by atoms with Gasteiger partial charge in [-0.2, -0.15) is 0 Å². The minimum Gasteiger partial charge on any atom is -0.493 e. The molecule has 0 aliphatic heterocycles. The van der Waals surface area contributed by atoms with Crippen LogP contribution in [0.15, 0.2) is 60.8 Å². The van der Waals surface area contributed by atoms with Gasteiger partial charge in [0.25, 0.3) is 5.91 Å². The minimum atomic E-state index is -1.12. The normalized spacial score (nSPS) is 13.0. The van der Waals surface area contributed by atoms with E-state index in [0.29, 0.717) is 5.56 Å². The predicted molar refractivity (Wildman–Crippen MR) is 135 cm³/mol. The molecule has 1 heterocycles. The van der Waals surface area contributed by atoms with E-state index in [2.05, 4.69) is 10.3 Å². The second-order valence-corrected chi connectivity index (χ2v) is 8.38. The molecule has 2 aromatic carbocycles. The van der Waals surface area contributed by atoms with Gasteiger partial charge < -0.3 is 24.3 Å². The van der Waals surface area contributed by atoms with Crippen LogP contribution in [-0.2, 0) is 14.3 Å². The van der Waals surface area contributed by atoms with E-state index in [1.54, 1.807) is 37.3 Å². The van der Waals surface area contributed by atoms with Crippen molar-refractivity contribution < 1.29 is 42.1 Å². The van der Waals surface area contributed by atoms with Crippen LogP contribution in [0.4, 0.5) is 8.78 Å². The number of rotatable bonds is 11. The molecule has 0 aliphatic rings. The van der Waals surface area contributed by atoms with Crippen molar-refractivity contribution in [2.24, 2.45) is 0 Å². The van der Waals surface area contributed by atoms with Crippen LogP contribution in [0.1, 0.15) is 49.3 Å². The molecule has 0 unspecified atom stereocenters. The molecule has 0 saturated carbocycles. The van der Waals surface area contributed by atoms with Gasteiger partial charge in [-0.3, -0.25) is 9.59 Å². The highest BCUT2D eigenvalue weighted by molar-refractivity contribution is 5.98. The smallest absolute Gasteiger partial charge is 0.329 e. The third-order valence-corrected chi connectivity index (χ3v) is 5.55. The van der Waals surface area contributed by atoms with Crippen molar-refractivity contribution in [1.29, 1.82) is 0 Å². The van der Waals surface area contributed by atoms with E-state index in [4.69, 9.17) is 18.9 Å². The summed E-state index contributed by atoms with van der Waals surface area (Å²) >= 11 is 0. The highest BCUT2D eigenvalue weighted by Gasteiger charge is 2.31. The lowest BCUT2D eigenvalue weighted by atomic mass is 10.0. The van der Waals surface area contributed by atoms with Crippen LogP contribution in [0.3, 0.4) is 0 Å². The number of carbonyl (C=O) groups is 3. The number of carbonyl (C=O) groups excluding carboxylic acids is 3. The lowest BCUT2D eigenvalue weighted by Gasteiger charge is -2.27. The summed E-state index contributed by atoms with van der Waals surface area (Å²) < 4.78 is 49.7. The van der Waals surface area contributed by atoms with Gasteiger partial charge in [0.05, 0.1) is 7.11 Å². The number of pyridine rings is 1. The van der Waals surface area contributed by atoms with Crippen molar-refractivity contribution in [3.63, 3.8) is 0 Å². The zero-order chi connectivity index (χ0) is 28.5. The van der Waals surface area contributed by atoms with Gasteiger partial charge in [-0.05, 0) is 31.0 Å². The Hall–Kier alpha value is -4.54. The maximum Gasteiger partial charge on any atom is 0.329 e. The molecule has 0 spiro atoms. The van der Waals surface area contributed by atoms with Crippen LogP contribution >= 0.6 is 0 Å². The van der Waals surface area contributed by atoms with Crippen LogP contribution in [0.25, 0.3) is 0 Å². The molecule has 3 rings (SSSR count). The Morgan fingerprint density at radius 2 is 1.74 bits per heavy atom. The van der Waals surface area contributed by atoms with Gasteiger partial charge in [0.2, 0.25) is 5.75 Å². The third kappa shape index (κ3) is 7.50. The third-order valence-electron chi connectivity index (χ3n) is 5.55. The topological polar surface area (TPSA) is 113 Å². The van der Waals surface area contributed by atoms with Gasteiger partial charge in [-0.15, -0.1) is 0 Å². The number of nitrogens with zero attached hydrogens (tertiary/aromatic N) is 1. The van der Waals surface area contributed by atoms with Crippen LogP contribution in [0, 0.1) is 11.6 Å². The highest BCUT2D eigenvalue weighted by Crippen LogP contribution is 2.31. The lowest BCUT2D eigenvalue weighted by molar-refractivity contribution is -0.155. The number of aromatic nitrogens is 1. The molecule has 1 N–H and O–H groups in total. The molecule has 3 atom stereocenters. The fourth-order valence-electron chi connectivity index (χ4n) is 3.66. The van der Waals surface area contributed by atoms with E-state index in [1.165, 1.54) is 26.3 Å². The van der Waals surface area contributed by atoms with E-state index in [9.17, 15) is 23.2 Å². The monoisotopic (exact) mass is 542 g/mol. The summed E-state index contributed by atoms with van der Waals surface area (Å²) in [6.45, 7) is 4.34. The molecule has 1 aromatic heterocycles. The number of esters is 2. The largest absolute Gasteiger partial charge is 0.493 e. The van der Waals surface area contributed by atoms with E-state index in [1.807, 2.05) is 0 Å². The Balaban J connectivity index is 1.80. The molecule has 0 bridgehead atoms. The first kappa shape index (κ1) is 29.0. The second-order valence-electron chi connectivity index (χ2n) is 8.38. The van der Waals surface area contributed by atoms with Gasteiger partial charge in [0, 0.05) is 25.3 Å². The summed E-state index contributed by atoms with van der Waals surface area (Å²) in [7, 11) is 1.33. The standard InChI is InChI=1S/C28H28F2N2O7/c1-5-21(32-27(34)24-26(38-17(3)33)22(36-4)13-14-31-24)28(35)37-16(2)25(18-9-7-6-8-10-18)39-23-15-19(29)11-12-20(23)30/h6-16,21,25H,5H2,1-4H3,(H,32,34)/t16-,21-,25-/m0/s1. The summed E-state index contributed by atoms with van der Waals surface area (Å²) in [5.41, 5.74) is 0.279. The molecule has 3 aromatic rings. The van der Waals surface area contributed by atoms with E-state index in [0.717, 1.165) is 25.1 Å². The summed E-state index contributed by atoms with van der Waals surface area (Å²) in [6.07, 6.45) is -0.565. The van der Waals surface area contributed by atoms with Crippen LogP contribution in [-0.4, -0.2) is 42.1 Å². The highest BCUT2D eigenvalue weighted by atomic mass is 19.1. The van der Waals surface area contributed by atoms with E-state index >= 15 is 0 Å². The number of ether oxygens (including phenoxy) is 4. The van der Waals surface area contributed by atoms with Gasteiger partial charge in [0.15, 0.2) is 29.1 Å². The molecule has 0 radical (unpaired) electrons. The summed E-state index contributed by atoms with van der Waals surface area (Å²) in [5.74, 6) is -4.25. The number of hydrogen-bond donors (Lipinski definition) is 1. The number of benzene rings is 2. The quantitative estimate of drug-likeness (QED) is 0.351. The minimum absolute atomic E-state index is 0.0991. The molecular weight excluding hydrogens is 514 g/mol. The average molecular weight is 543 g/mol. The van der Waals surface area contributed by atoms with Crippen molar-refractivity contribution in [3.8, 4) is 17.2 Å². The van der Waals surface area contributed by atoms with Crippen molar-refractivity contribution >= 4 is 17.8 Å². The van der Waals surface area contributed by atoms with Crippen LogP contribution < -0.4 is 19.5 Å². The Bertz CT molecular complexity index is 1320. The maximum atomic E-state index is 14.3. The maximum absolute atomic E-state index is 14.3. The van der Waals surface area contributed by atoms with Crippen molar-refractivity contribution in [1.82, 2.24) is 10.3 Å². The zero-order valence-corrected chi connectivity index (χ0v) is 21.8. The Morgan fingerprint density at radius 3 is 2.38 bits per heavy atom. The average Bonchev–Trinajstić information content (AvgIpc) is 2.92. The number of amides is 1. The first-order valence-electron chi connectivity index (χ1n) is 12.0. The number of halogens is 2. The molecule has 39 heavy (non-hydrogen) atoms. The van der Waals surface area contributed by atoms with Crippen molar-refractivity contribution in [3.05, 3.63) is 83.7 Å². The number of hydrogen-bond acceptors (Lipinski definition) is 8. The summed E-state index contributed by atoms with van der Waals surface area (Å²) in [4.78, 5) is 41.6. The molecule has 0 saturated heterocycles. The first-order chi connectivity index (χ1) is 18.6. The Labute approximate surface area is 224 Å². The van der Waals surface area contributed by atoms with Crippen LogP contribution in [0.2, 0.25) is 0 Å². The lowest BCUT2D eigenvalue weighted by Crippen LogP contribution is -2.43. The molecule has 11 heteroatoms. The molecule has 206 valence electrons. The van der Waals surface area contributed by atoms with Gasteiger partial charge in [-0.1, -0.05) is 37.3 Å². The fourth-order valence-corrected chi connectivity index (χ4v) is 3.66.